The van der Waals surface area contributed by atoms with Gasteiger partial charge >= 0.3 is 0 Å². The molecule has 0 N–H and O–H groups in total. The maximum atomic E-state index is 2.37. The summed E-state index contributed by atoms with van der Waals surface area (Å²) < 4.78 is 0. The molecule has 2 rings (SSSR count). The molecule has 0 saturated heterocycles. The number of fused-ring (bicyclic) bond motifs is 1. The monoisotopic (exact) mass is 148 g/mol. The zero-order chi connectivity index (χ0) is 7.84. The molecule has 1 fully saturated rings. The molecule has 2 aliphatic carbocycles. The first-order valence-electron chi connectivity index (χ1n) is 4.64. The Bertz CT molecular complexity index is 230. The van der Waals surface area contributed by atoms with Gasteiger partial charge in [0.15, 0.2) is 0 Å². The molecule has 1 atom stereocenters. The third-order valence-corrected chi connectivity index (χ3v) is 3.03. The molecule has 0 amide bonds. The van der Waals surface area contributed by atoms with Crippen LogP contribution in [0.4, 0.5) is 0 Å². The average Bonchev–Trinajstić information content (AvgIpc) is 2.34. The standard InChI is InChI=1S/C11H16/c1-8-6-9(2)11-5-3-4-10(11)7-8/h6,10H,3-5,7H2,1-2H3. The number of hydrogen-bond acceptors (Lipinski definition) is 0. The first-order chi connectivity index (χ1) is 5.27. The van der Waals surface area contributed by atoms with E-state index in [1.807, 2.05) is 0 Å². The van der Waals surface area contributed by atoms with Crippen molar-refractivity contribution in [3.63, 3.8) is 0 Å². The summed E-state index contributed by atoms with van der Waals surface area (Å²) in [5, 5.41) is 0. The lowest BCUT2D eigenvalue weighted by Crippen LogP contribution is -2.04. The third-order valence-electron chi connectivity index (χ3n) is 3.03. The summed E-state index contributed by atoms with van der Waals surface area (Å²) in [6.45, 7) is 4.54. The van der Waals surface area contributed by atoms with E-state index in [4.69, 9.17) is 0 Å². The normalized spacial score (nSPS) is 30.4. The number of hydrogen-bond donors (Lipinski definition) is 0. The molecular formula is C11H16. The van der Waals surface area contributed by atoms with E-state index < -0.39 is 0 Å². The molecule has 2 aliphatic rings. The Morgan fingerprint density at radius 1 is 1.36 bits per heavy atom. The van der Waals surface area contributed by atoms with E-state index in [1.165, 1.54) is 25.7 Å². The summed E-state index contributed by atoms with van der Waals surface area (Å²) in [6, 6.07) is 0. The molecule has 0 aromatic heterocycles. The summed E-state index contributed by atoms with van der Waals surface area (Å²) in [7, 11) is 0. The van der Waals surface area contributed by atoms with Crippen molar-refractivity contribution in [2.24, 2.45) is 5.92 Å². The van der Waals surface area contributed by atoms with E-state index in [2.05, 4.69) is 19.9 Å². The molecule has 0 radical (unpaired) electrons. The quantitative estimate of drug-likeness (QED) is 0.493. The van der Waals surface area contributed by atoms with Crippen LogP contribution in [0.25, 0.3) is 0 Å². The van der Waals surface area contributed by atoms with E-state index in [1.54, 1.807) is 16.7 Å². The lowest BCUT2D eigenvalue weighted by atomic mass is 9.86. The van der Waals surface area contributed by atoms with Crippen molar-refractivity contribution in [3.05, 3.63) is 22.8 Å². The summed E-state index contributed by atoms with van der Waals surface area (Å²) in [5.74, 6) is 0.931. The molecule has 0 bridgehead atoms. The van der Waals surface area contributed by atoms with Crippen molar-refractivity contribution in [2.75, 3.05) is 0 Å². The highest BCUT2D eigenvalue weighted by molar-refractivity contribution is 5.34. The lowest BCUT2D eigenvalue weighted by Gasteiger charge is -2.19. The second-order valence-corrected chi connectivity index (χ2v) is 3.99. The highest BCUT2D eigenvalue weighted by Gasteiger charge is 2.24. The minimum atomic E-state index is 0.931. The fraction of sp³-hybridized carbons (Fsp3) is 0.636. The van der Waals surface area contributed by atoms with Crippen LogP contribution >= 0.6 is 0 Å². The van der Waals surface area contributed by atoms with Gasteiger partial charge in [-0.05, 0) is 45.4 Å². The molecule has 0 aromatic carbocycles. The molecule has 0 heteroatoms. The molecule has 0 nitrogen and oxygen atoms in total. The van der Waals surface area contributed by atoms with Crippen LogP contribution in [0.3, 0.4) is 0 Å². The van der Waals surface area contributed by atoms with Gasteiger partial charge in [-0.15, -0.1) is 0 Å². The van der Waals surface area contributed by atoms with Gasteiger partial charge < -0.3 is 0 Å². The van der Waals surface area contributed by atoms with Gasteiger partial charge in [-0.25, -0.2) is 0 Å². The lowest BCUT2D eigenvalue weighted by molar-refractivity contribution is 0.609. The van der Waals surface area contributed by atoms with E-state index >= 15 is 0 Å². The van der Waals surface area contributed by atoms with Gasteiger partial charge in [0.05, 0.1) is 0 Å². The SMILES string of the molecule is CC1=CC(C)=C2CCCC2C1. The first-order valence-corrected chi connectivity index (χ1v) is 4.64. The molecule has 0 heterocycles. The maximum absolute atomic E-state index is 2.37. The largest absolute Gasteiger partial charge is 0.0725 e. The fourth-order valence-electron chi connectivity index (χ4n) is 2.57. The van der Waals surface area contributed by atoms with Crippen molar-refractivity contribution in [2.45, 2.75) is 39.5 Å². The van der Waals surface area contributed by atoms with Crippen molar-refractivity contribution in [3.8, 4) is 0 Å². The van der Waals surface area contributed by atoms with Gasteiger partial charge in [0.1, 0.15) is 0 Å². The molecule has 1 unspecified atom stereocenters. The Hall–Kier alpha value is -0.520. The summed E-state index contributed by atoms with van der Waals surface area (Å²) >= 11 is 0. The van der Waals surface area contributed by atoms with Crippen LogP contribution in [0.2, 0.25) is 0 Å². The summed E-state index contributed by atoms with van der Waals surface area (Å²) in [4.78, 5) is 0. The summed E-state index contributed by atoms with van der Waals surface area (Å²) in [6.07, 6.45) is 7.96. The van der Waals surface area contributed by atoms with Gasteiger partial charge in [-0.3, -0.25) is 0 Å². The Balaban J connectivity index is 2.34. The minimum absolute atomic E-state index is 0.931. The maximum Gasteiger partial charge on any atom is -0.0160 e. The van der Waals surface area contributed by atoms with Crippen LogP contribution in [0.5, 0.6) is 0 Å². The van der Waals surface area contributed by atoms with Crippen molar-refractivity contribution >= 4 is 0 Å². The molecule has 0 spiro atoms. The van der Waals surface area contributed by atoms with Gasteiger partial charge in [0, 0.05) is 0 Å². The van der Waals surface area contributed by atoms with Crippen molar-refractivity contribution < 1.29 is 0 Å². The van der Waals surface area contributed by atoms with E-state index in [0.717, 1.165) is 5.92 Å². The molecule has 0 aliphatic heterocycles. The van der Waals surface area contributed by atoms with Gasteiger partial charge in [0.25, 0.3) is 0 Å². The molecular weight excluding hydrogens is 132 g/mol. The predicted molar refractivity (Wildman–Crippen MR) is 48.4 cm³/mol. The number of rotatable bonds is 0. The van der Waals surface area contributed by atoms with E-state index in [-0.39, 0.29) is 0 Å². The summed E-state index contributed by atoms with van der Waals surface area (Å²) in [5.41, 5.74) is 4.91. The van der Waals surface area contributed by atoms with Gasteiger partial charge in [0.2, 0.25) is 0 Å². The second-order valence-electron chi connectivity index (χ2n) is 3.99. The zero-order valence-electron chi connectivity index (χ0n) is 7.48. The van der Waals surface area contributed by atoms with Crippen LogP contribution in [0.1, 0.15) is 39.5 Å². The molecule has 0 aromatic rings. The topological polar surface area (TPSA) is 0 Å². The first kappa shape index (κ1) is 7.15. The van der Waals surface area contributed by atoms with E-state index in [9.17, 15) is 0 Å². The second kappa shape index (κ2) is 2.51. The van der Waals surface area contributed by atoms with Crippen molar-refractivity contribution in [1.29, 1.82) is 0 Å². The molecule has 60 valence electrons. The van der Waals surface area contributed by atoms with Crippen LogP contribution in [0, 0.1) is 5.92 Å². The highest BCUT2D eigenvalue weighted by atomic mass is 14.3. The van der Waals surface area contributed by atoms with E-state index in [0.29, 0.717) is 0 Å². The van der Waals surface area contributed by atoms with Crippen LogP contribution in [-0.4, -0.2) is 0 Å². The number of allylic oxidation sites excluding steroid dienone is 4. The molecule has 11 heavy (non-hydrogen) atoms. The Morgan fingerprint density at radius 2 is 2.18 bits per heavy atom. The predicted octanol–water partition coefficient (Wildman–Crippen LogP) is 3.45. The van der Waals surface area contributed by atoms with Gasteiger partial charge in [-0.1, -0.05) is 22.8 Å². The average molecular weight is 148 g/mol. The Morgan fingerprint density at radius 3 is 3.00 bits per heavy atom. The third kappa shape index (κ3) is 1.15. The zero-order valence-corrected chi connectivity index (χ0v) is 7.48. The van der Waals surface area contributed by atoms with Crippen LogP contribution < -0.4 is 0 Å². The minimum Gasteiger partial charge on any atom is -0.0725 e. The van der Waals surface area contributed by atoms with Crippen LogP contribution in [0.15, 0.2) is 22.8 Å². The highest BCUT2D eigenvalue weighted by Crippen LogP contribution is 2.40. The Labute approximate surface area is 69.0 Å². The van der Waals surface area contributed by atoms with Crippen molar-refractivity contribution in [1.82, 2.24) is 0 Å². The smallest absolute Gasteiger partial charge is 0.0160 e. The fourth-order valence-corrected chi connectivity index (χ4v) is 2.57. The Kier molecular flexibility index (Phi) is 1.63. The molecule has 1 saturated carbocycles. The van der Waals surface area contributed by atoms with Crippen LogP contribution in [-0.2, 0) is 0 Å². The van der Waals surface area contributed by atoms with Gasteiger partial charge in [-0.2, -0.15) is 0 Å².